The summed E-state index contributed by atoms with van der Waals surface area (Å²) >= 11 is 0. The van der Waals surface area contributed by atoms with Gasteiger partial charge in [0.15, 0.2) is 6.29 Å². The molecule has 0 saturated carbocycles. The second kappa shape index (κ2) is 4.28. The van der Waals surface area contributed by atoms with Crippen LogP contribution < -0.4 is 0 Å². The molecule has 2 aromatic rings. The summed E-state index contributed by atoms with van der Waals surface area (Å²) in [5.41, 5.74) is 3.21. The van der Waals surface area contributed by atoms with Crippen LogP contribution in [-0.2, 0) is 18.2 Å². The summed E-state index contributed by atoms with van der Waals surface area (Å²) in [6.45, 7) is 2.14. The summed E-state index contributed by atoms with van der Waals surface area (Å²) < 4.78 is 7.06. The fourth-order valence-corrected chi connectivity index (χ4v) is 2.03. The molecule has 0 bridgehead atoms. The van der Waals surface area contributed by atoms with E-state index < -0.39 is 6.29 Å². The molecule has 0 aliphatic rings. The van der Waals surface area contributed by atoms with E-state index in [0.717, 1.165) is 17.5 Å². The van der Waals surface area contributed by atoms with Gasteiger partial charge in [-0.2, -0.15) is 0 Å². The number of ether oxygens (including phenoxy) is 1. The number of rotatable bonds is 3. The van der Waals surface area contributed by atoms with Gasteiger partial charge in [-0.1, -0.05) is 19.1 Å². The monoisotopic (exact) mass is 219 g/mol. The first-order valence-electron chi connectivity index (χ1n) is 5.46. The Hall–Kier alpha value is -1.32. The Morgan fingerprint density at radius 2 is 2.12 bits per heavy atom. The highest BCUT2D eigenvalue weighted by atomic mass is 16.6. The molecule has 3 heteroatoms. The van der Waals surface area contributed by atoms with Gasteiger partial charge in [-0.15, -0.1) is 0 Å². The molecule has 0 aliphatic carbocycles. The topological polar surface area (TPSA) is 34.4 Å². The highest BCUT2D eigenvalue weighted by Crippen LogP contribution is 2.23. The van der Waals surface area contributed by atoms with Crippen molar-refractivity contribution in [2.45, 2.75) is 19.6 Å². The molecule has 0 amide bonds. The second-order valence-electron chi connectivity index (χ2n) is 3.95. The molecule has 3 nitrogen and oxygen atoms in total. The Morgan fingerprint density at radius 3 is 2.75 bits per heavy atom. The maximum Gasteiger partial charge on any atom is 0.180 e. The number of nitrogens with zero attached hydrogens (tertiary/aromatic N) is 1. The van der Waals surface area contributed by atoms with Crippen molar-refractivity contribution in [1.82, 2.24) is 4.57 Å². The molecule has 1 unspecified atom stereocenters. The first kappa shape index (κ1) is 11.2. The average Bonchev–Trinajstić information content (AvgIpc) is 2.64. The van der Waals surface area contributed by atoms with E-state index in [2.05, 4.69) is 17.6 Å². The Balaban J connectivity index is 2.56. The number of benzene rings is 1. The number of methoxy groups -OCH3 is 1. The number of fused-ring (bicyclic) bond motifs is 1. The SMILES string of the molecule is CCc1cc2ccc(C(O)OC)cc2n1C. The summed E-state index contributed by atoms with van der Waals surface area (Å²) in [5, 5.41) is 10.8. The van der Waals surface area contributed by atoms with Crippen molar-refractivity contribution in [3.63, 3.8) is 0 Å². The van der Waals surface area contributed by atoms with E-state index in [-0.39, 0.29) is 0 Å². The maximum absolute atomic E-state index is 9.61. The molecule has 0 saturated heterocycles. The van der Waals surface area contributed by atoms with Gasteiger partial charge in [0.05, 0.1) is 0 Å². The molecule has 1 atom stereocenters. The van der Waals surface area contributed by atoms with Gasteiger partial charge in [-0.05, 0) is 23.9 Å². The lowest BCUT2D eigenvalue weighted by Crippen LogP contribution is -2.00. The van der Waals surface area contributed by atoms with Crippen LogP contribution in [0.3, 0.4) is 0 Å². The minimum absolute atomic E-state index is 0.791. The summed E-state index contributed by atoms with van der Waals surface area (Å²) in [5.74, 6) is 0. The van der Waals surface area contributed by atoms with E-state index >= 15 is 0 Å². The summed E-state index contributed by atoms with van der Waals surface area (Å²) in [4.78, 5) is 0. The molecular weight excluding hydrogens is 202 g/mol. The number of aromatic nitrogens is 1. The van der Waals surface area contributed by atoms with E-state index in [9.17, 15) is 5.11 Å². The van der Waals surface area contributed by atoms with E-state index in [1.807, 2.05) is 25.2 Å². The van der Waals surface area contributed by atoms with Gasteiger partial charge in [-0.25, -0.2) is 0 Å². The Labute approximate surface area is 95.3 Å². The largest absolute Gasteiger partial charge is 0.364 e. The molecule has 86 valence electrons. The highest BCUT2D eigenvalue weighted by Gasteiger charge is 2.09. The average molecular weight is 219 g/mol. The van der Waals surface area contributed by atoms with Crippen molar-refractivity contribution in [1.29, 1.82) is 0 Å². The molecule has 0 aliphatic heterocycles. The van der Waals surface area contributed by atoms with Crippen LogP contribution >= 0.6 is 0 Å². The van der Waals surface area contributed by atoms with Gasteiger partial charge < -0.3 is 14.4 Å². The Kier molecular flexibility index (Phi) is 2.99. The lowest BCUT2D eigenvalue weighted by Gasteiger charge is -2.09. The summed E-state index contributed by atoms with van der Waals surface area (Å²) in [7, 11) is 3.54. The van der Waals surface area contributed by atoms with E-state index in [1.165, 1.54) is 18.2 Å². The maximum atomic E-state index is 9.61. The minimum atomic E-state index is -0.843. The second-order valence-corrected chi connectivity index (χ2v) is 3.95. The number of hydrogen-bond donors (Lipinski definition) is 1. The quantitative estimate of drug-likeness (QED) is 0.804. The van der Waals surface area contributed by atoms with Crippen LogP contribution in [0.1, 0.15) is 24.5 Å². The molecule has 16 heavy (non-hydrogen) atoms. The Morgan fingerprint density at radius 1 is 1.38 bits per heavy atom. The summed E-state index contributed by atoms with van der Waals surface area (Å²) in [6, 6.07) is 8.07. The summed E-state index contributed by atoms with van der Waals surface area (Å²) in [6.07, 6.45) is 0.164. The first-order valence-corrected chi connectivity index (χ1v) is 5.46. The van der Waals surface area contributed by atoms with Gasteiger partial charge in [0.25, 0.3) is 0 Å². The standard InChI is InChI=1S/C13H17NO2/c1-4-11-7-9-5-6-10(13(15)16-3)8-12(9)14(11)2/h5-8,13,15H,4H2,1-3H3. The van der Waals surface area contributed by atoms with Crippen molar-refractivity contribution < 1.29 is 9.84 Å². The molecule has 0 radical (unpaired) electrons. The Bertz CT molecular complexity index is 502. The van der Waals surface area contributed by atoms with Gasteiger partial charge in [-0.3, -0.25) is 0 Å². The van der Waals surface area contributed by atoms with Gasteiger partial charge in [0.1, 0.15) is 0 Å². The third kappa shape index (κ3) is 1.72. The molecule has 1 N–H and O–H groups in total. The van der Waals surface area contributed by atoms with Gasteiger partial charge in [0, 0.05) is 30.9 Å². The normalized spacial score (nSPS) is 13.2. The molecule has 1 heterocycles. The molecule has 0 spiro atoms. The van der Waals surface area contributed by atoms with Crippen LogP contribution in [0.2, 0.25) is 0 Å². The zero-order chi connectivity index (χ0) is 11.7. The zero-order valence-corrected chi connectivity index (χ0v) is 9.90. The molecule has 2 rings (SSSR count). The lowest BCUT2D eigenvalue weighted by molar-refractivity contribution is -0.0768. The number of aliphatic hydroxyl groups excluding tert-OH is 1. The van der Waals surface area contributed by atoms with Crippen LogP contribution in [0, 0.1) is 0 Å². The van der Waals surface area contributed by atoms with Crippen LogP contribution in [0.15, 0.2) is 24.3 Å². The third-order valence-electron chi connectivity index (χ3n) is 3.04. The molecule has 0 fully saturated rings. The van der Waals surface area contributed by atoms with Crippen molar-refractivity contribution in [2.75, 3.05) is 7.11 Å². The van der Waals surface area contributed by atoms with Gasteiger partial charge in [0.2, 0.25) is 0 Å². The smallest absolute Gasteiger partial charge is 0.180 e. The highest BCUT2D eigenvalue weighted by molar-refractivity contribution is 5.82. The fraction of sp³-hybridized carbons (Fsp3) is 0.385. The number of hydrogen-bond acceptors (Lipinski definition) is 2. The van der Waals surface area contributed by atoms with Crippen LogP contribution in [0.4, 0.5) is 0 Å². The zero-order valence-electron chi connectivity index (χ0n) is 9.90. The molecular formula is C13H17NO2. The van der Waals surface area contributed by atoms with Crippen molar-refractivity contribution in [3.8, 4) is 0 Å². The first-order chi connectivity index (χ1) is 7.67. The van der Waals surface area contributed by atoms with E-state index in [4.69, 9.17) is 4.74 Å². The van der Waals surface area contributed by atoms with Crippen LogP contribution in [0.25, 0.3) is 10.9 Å². The van der Waals surface area contributed by atoms with Crippen molar-refractivity contribution in [2.24, 2.45) is 7.05 Å². The predicted octanol–water partition coefficient (Wildman–Crippen LogP) is 2.38. The fourth-order valence-electron chi connectivity index (χ4n) is 2.03. The number of aryl methyl sites for hydroxylation is 2. The number of aliphatic hydroxyl groups is 1. The lowest BCUT2D eigenvalue weighted by atomic mass is 10.1. The third-order valence-corrected chi connectivity index (χ3v) is 3.04. The van der Waals surface area contributed by atoms with Crippen LogP contribution in [-0.4, -0.2) is 16.8 Å². The van der Waals surface area contributed by atoms with Crippen LogP contribution in [0.5, 0.6) is 0 Å². The van der Waals surface area contributed by atoms with E-state index in [0.29, 0.717) is 0 Å². The van der Waals surface area contributed by atoms with Crippen molar-refractivity contribution in [3.05, 3.63) is 35.5 Å². The van der Waals surface area contributed by atoms with Crippen molar-refractivity contribution >= 4 is 10.9 Å². The predicted molar refractivity (Wildman–Crippen MR) is 64.3 cm³/mol. The minimum Gasteiger partial charge on any atom is -0.364 e. The van der Waals surface area contributed by atoms with E-state index in [1.54, 1.807) is 0 Å². The van der Waals surface area contributed by atoms with Gasteiger partial charge >= 0.3 is 0 Å². The molecule has 1 aromatic heterocycles. The molecule has 1 aromatic carbocycles.